The predicted octanol–water partition coefficient (Wildman–Crippen LogP) is 5.36. The number of halogens is 1. The molecule has 0 fully saturated rings. The van der Waals surface area contributed by atoms with Crippen molar-refractivity contribution in [3.8, 4) is 0 Å². The molecule has 0 aromatic heterocycles. The summed E-state index contributed by atoms with van der Waals surface area (Å²) < 4.78 is 0. The van der Waals surface area contributed by atoms with E-state index in [2.05, 4.69) is 5.32 Å². The van der Waals surface area contributed by atoms with Gasteiger partial charge in [-0.15, -0.1) is 0 Å². The first-order valence-electron chi connectivity index (χ1n) is 11.4. The zero-order chi connectivity index (χ0) is 23.6. The van der Waals surface area contributed by atoms with Crippen molar-refractivity contribution in [2.45, 2.75) is 45.7 Å². The number of aryl methyl sites for hydroxylation is 1. The number of rotatable bonds is 10. The van der Waals surface area contributed by atoms with Crippen LogP contribution in [0.5, 0.6) is 0 Å². The Morgan fingerprint density at radius 3 is 2.27 bits per heavy atom. The average molecular weight is 463 g/mol. The second-order valence-electron chi connectivity index (χ2n) is 8.31. The molecule has 0 aliphatic rings. The lowest BCUT2D eigenvalue weighted by molar-refractivity contribution is -0.140. The Hall–Kier alpha value is -3.11. The number of hydrogen-bond donors (Lipinski definition) is 1. The first-order valence-corrected chi connectivity index (χ1v) is 11.7. The Labute approximate surface area is 201 Å². The molecule has 5 heteroatoms. The summed E-state index contributed by atoms with van der Waals surface area (Å²) in [5.41, 5.74) is 3.98. The summed E-state index contributed by atoms with van der Waals surface area (Å²) in [4.78, 5) is 28.6. The first kappa shape index (κ1) is 24.5. The molecule has 3 aromatic rings. The van der Waals surface area contributed by atoms with Crippen LogP contribution in [-0.2, 0) is 29.0 Å². The predicted molar refractivity (Wildman–Crippen MR) is 134 cm³/mol. The van der Waals surface area contributed by atoms with Crippen LogP contribution in [0.3, 0.4) is 0 Å². The lowest BCUT2D eigenvalue weighted by atomic mass is 10.0. The molecule has 4 nitrogen and oxygen atoms in total. The molecule has 0 heterocycles. The molecule has 1 unspecified atom stereocenters. The lowest BCUT2D eigenvalue weighted by Gasteiger charge is -2.31. The molecule has 0 aliphatic heterocycles. The molecule has 33 heavy (non-hydrogen) atoms. The summed E-state index contributed by atoms with van der Waals surface area (Å²) in [5.74, 6) is -0.213. The Morgan fingerprint density at radius 2 is 1.61 bits per heavy atom. The fourth-order valence-electron chi connectivity index (χ4n) is 3.80. The number of carbonyl (C=O) groups is 2. The second-order valence-corrected chi connectivity index (χ2v) is 8.75. The number of amides is 2. The quantitative estimate of drug-likeness (QED) is 0.441. The molecular weight excluding hydrogens is 432 g/mol. The van der Waals surface area contributed by atoms with Crippen LogP contribution in [-0.4, -0.2) is 29.3 Å². The Kier molecular flexibility index (Phi) is 9.08. The van der Waals surface area contributed by atoms with Gasteiger partial charge in [-0.05, 0) is 42.2 Å². The summed E-state index contributed by atoms with van der Waals surface area (Å²) in [7, 11) is 0. The van der Waals surface area contributed by atoms with E-state index in [1.54, 1.807) is 4.90 Å². The molecule has 1 atom stereocenters. The van der Waals surface area contributed by atoms with Crippen LogP contribution in [0.15, 0.2) is 78.9 Å². The van der Waals surface area contributed by atoms with Gasteiger partial charge in [0, 0.05) is 24.5 Å². The molecule has 0 aliphatic carbocycles. The number of nitrogens with one attached hydrogen (secondary N) is 1. The molecule has 0 spiro atoms. The van der Waals surface area contributed by atoms with Gasteiger partial charge < -0.3 is 10.2 Å². The Morgan fingerprint density at radius 1 is 0.909 bits per heavy atom. The molecule has 0 saturated carbocycles. The van der Waals surface area contributed by atoms with E-state index in [-0.39, 0.29) is 18.2 Å². The zero-order valence-electron chi connectivity index (χ0n) is 19.3. The third-order valence-corrected chi connectivity index (χ3v) is 5.78. The number of nitrogens with zero attached hydrogens (tertiary/aromatic N) is 1. The Balaban J connectivity index is 1.94. The van der Waals surface area contributed by atoms with E-state index in [4.69, 9.17) is 11.6 Å². The van der Waals surface area contributed by atoms with Gasteiger partial charge in [0.15, 0.2) is 0 Å². The minimum atomic E-state index is -0.619. The zero-order valence-corrected chi connectivity index (χ0v) is 20.0. The van der Waals surface area contributed by atoms with Crippen LogP contribution in [0.2, 0.25) is 5.02 Å². The van der Waals surface area contributed by atoms with Crippen molar-refractivity contribution in [3.05, 3.63) is 106 Å². The van der Waals surface area contributed by atoms with E-state index in [1.165, 1.54) is 0 Å². The molecule has 3 aromatic carbocycles. The second kappa shape index (κ2) is 12.2. The van der Waals surface area contributed by atoms with Crippen LogP contribution >= 0.6 is 11.6 Å². The monoisotopic (exact) mass is 462 g/mol. The first-order chi connectivity index (χ1) is 16.0. The van der Waals surface area contributed by atoms with Crippen LogP contribution < -0.4 is 5.32 Å². The smallest absolute Gasteiger partial charge is 0.243 e. The van der Waals surface area contributed by atoms with Crippen LogP contribution in [0.1, 0.15) is 35.6 Å². The van der Waals surface area contributed by atoms with E-state index in [0.717, 1.165) is 28.7 Å². The topological polar surface area (TPSA) is 49.4 Å². The van der Waals surface area contributed by atoms with Crippen LogP contribution in [0, 0.1) is 6.92 Å². The van der Waals surface area contributed by atoms with Crippen molar-refractivity contribution < 1.29 is 9.59 Å². The van der Waals surface area contributed by atoms with Gasteiger partial charge in [-0.1, -0.05) is 90.8 Å². The van der Waals surface area contributed by atoms with Crippen molar-refractivity contribution in [1.29, 1.82) is 0 Å². The molecular formula is C28H31ClN2O2. The summed E-state index contributed by atoms with van der Waals surface area (Å²) in [6, 6.07) is 24.6. The van der Waals surface area contributed by atoms with Gasteiger partial charge >= 0.3 is 0 Å². The maximum atomic E-state index is 13.6. The summed E-state index contributed by atoms with van der Waals surface area (Å²) in [6.07, 6.45) is 1.52. The van der Waals surface area contributed by atoms with E-state index in [9.17, 15) is 9.59 Å². The van der Waals surface area contributed by atoms with E-state index >= 15 is 0 Å². The van der Waals surface area contributed by atoms with Crippen LogP contribution in [0.4, 0.5) is 0 Å². The van der Waals surface area contributed by atoms with E-state index in [1.807, 2.05) is 92.7 Å². The SMILES string of the molecule is CCCNC(=O)C(Cc1ccccc1)N(Cc1ccc(Cl)cc1)C(=O)Cc1cccc(C)c1. The standard InChI is InChI=1S/C28H31ClN2O2/c1-3-16-30-28(33)26(18-22-9-5-4-6-10-22)31(20-23-12-14-25(29)15-13-23)27(32)19-24-11-7-8-21(2)17-24/h4-15,17,26H,3,16,18-20H2,1-2H3,(H,30,33). The molecule has 0 saturated heterocycles. The molecule has 2 amide bonds. The maximum absolute atomic E-state index is 13.6. The van der Waals surface area contributed by atoms with Crippen LogP contribution in [0.25, 0.3) is 0 Å². The highest BCUT2D eigenvalue weighted by atomic mass is 35.5. The van der Waals surface area contributed by atoms with Gasteiger partial charge in [-0.25, -0.2) is 0 Å². The van der Waals surface area contributed by atoms with Crippen molar-refractivity contribution in [2.24, 2.45) is 0 Å². The summed E-state index contributed by atoms with van der Waals surface area (Å²) in [5, 5.41) is 3.64. The number of hydrogen-bond acceptors (Lipinski definition) is 2. The highest BCUT2D eigenvalue weighted by Gasteiger charge is 2.30. The van der Waals surface area contributed by atoms with Gasteiger partial charge in [0.05, 0.1) is 6.42 Å². The van der Waals surface area contributed by atoms with Gasteiger partial charge in [-0.3, -0.25) is 9.59 Å². The third-order valence-electron chi connectivity index (χ3n) is 5.52. The average Bonchev–Trinajstić information content (AvgIpc) is 2.81. The normalized spacial score (nSPS) is 11.6. The third kappa shape index (κ3) is 7.47. The fourth-order valence-corrected chi connectivity index (χ4v) is 3.93. The number of benzene rings is 3. The number of carbonyl (C=O) groups excluding carboxylic acids is 2. The Bertz CT molecular complexity index is 1050. The molecule has 1 N–H and O–H groups in total. The van der Waals surface area contributed by atoms with Crippen molar-refractivity contribution in [3.63, 3.8) is 0 Å². The molecule has 0 radical (unpaired) electrons. The van der Waals surface area contributed by atoms with Crippen molar-refractivity contribution in [2.75, 3.05) is 6.54 Å². The van der Waals surface area contributed by atoms with Crippen molar-refractivity contribution in [1.82, 2.24) is 10.2 Å². The van der Waals surface area contributed by atoms with Gasteiger partial charge in [-0.2, -0.15) is 0 Å². The lowest BCUT2D eigenvalue weighted by Crippen LogP contribution is -2.51. The molecule has 0 bridgehead atoms. The minimum Gasteiger partial charge on any atom is -0.354 e. The molecule has 3 rings (SSSR count). The minimum absolute atomic E-state index is 0.0804. The highest BCUT2D eigenvalue weighted by molar-refractivity contribution is 6.30. The van der Waals surface area contributed by atoms with Gasteiger partial charge in [0.25, 0.3) is 0 Å². The highest BCUT2D eigenvalue weighted by Crippen LogP contribution is 2.18. The maximum Gasteiger partial charge on any atom is 0.243 e. The molecule has 172 valence electrons. The van der Waals surface area contributed by atoms with Crippen molar-refractivity contribution >= 4 is 23.4 Å². The van der Waals surface area contributed by atoms with E-state index < -0.39 is 6.04 Å². The van der Waals surface area contributed by atoms with Gasteiger partial charge in [0.2, 0.25) is 11.8 Å². The van der Waals surface area contributed by atoms with Gasteiger partial charge in [0.1, 0.15) is 6.04 Å². The van der Waals surface area contributed by atoms with E-state index in [0.29, 0.717) is 24.5 Å². The summed E-state index contributed by atoms with van der Waals surface area (Å²) >= 11 is 6.07. The summed E-state index contributed by atoms with van der Waals surface area (Å²) in [6.45, 7) is 4.93. The largest absolute Gasteiger partial charge is 0.354 e. The fraction of sp³-hybridized carbons (Fsp3) is 0.286.